The van der Waals surface area contributed by atoms with Gasteiger partial charge in [-0.1, -0.05) is 23.4 Å². The highest BCUT2D eigenvalue weighted by Gasteiger charge is 2.22. The van der Waals surface area contributed by atoms with Crippen molar-refractivity contribution in [1.29, 1.82) is 0 Å². The number of nitrogens with zero attached hydrogens (tertiary/aromatic N) is 4. The number of fused-ring (bicyclic) bond motifs is 1. The molecular weight excluding hydrogens is 434 g/mol. The molecule has 0 amide bonds. The summed E-state index contributed by atoms with van der Waals surface area (Å²) in [5.41, 5.74) is 2.24. The molecule has 7 nitrogen and oxygen atoms in total. The van der Waals surface area contributed by atoms with Gasteiger partial charge in [0.2, 0.25) is 0 Å². The number of thioether (sulfide) groups is 1. The molecular formula is C22H26ClN5O2S. The summed E-state index contributed by atoms with van der Waals surface area (Å²) in [6, 6.07) is 6.05. The Kier molecular flexibility index (Phi) is 6.69. The maximum Gasteiger partial charge on any atom is 0.187 e. The van der Waals surface area contributed by atoms with Crippen LogP contribution >= 0.6 is 23.4 Å². The number of likely N-dealkylation sites (tertiary alicyclic amines) is 1. The van der Waals surface area contributed by atoms with Gasteiger partial charge in [0.15, 0.2) is 11.0 Å². The van der Waals surface area contributed by atoms with Crippen LogP contribution in [0.15, 0.2) is 29.6 Å². The van der Waals surface area contributed by atoms with Gasteiger partial charge in [-0.15, -0.1) is 0 Å². The number of hydrogen-bond acceptors (Lipinski definition) is 8. The van der Waals surface area contributed by atoms with Gasteiger partial charge in [-0.05, 0) is 44.8 Å². The summed E-state index contributed by atoms with van der Waals surface area (Å²) in [6.45, 7) is 1.92. The number of nitrogens with one attached hydrogen (secondary N) is 1. The monoisotopic (exact) mass is 459 g/mol. The quantitative estimate of drug-likeness (QED) is 0.406. The lowest BCUT2D eigenvalue weighted by molar-refractivity contribution is 0.322. The lowest BCUT2D eigenvalue weighted by atomic mass is 10.1. The molecule has 2 aromatic heterocycles. The molecule has 3 heterocycles. The summed E-state index contributed by atoms with van der Waals surface area (Å²) in [5, 5.41) is 5.63. The van der Waals surface area contributed by atoms with Gasteiger partial charge < -0.3 is 19.7 Å². The number of pyridine rings is 1. The first-order valence-corrected chi connectivity index (χ1v) is 11.7. The van der Waals surface area contributed by atoms with Crippen LogP contribution in [0.5, 0.6) is 11.5 Å². The van der Waals surface area contributed by atoms with Crippen LogP contribution in [-0.2, 0) is 0 Å². The van der Waals surface area contributed by atoms with Crippen molar-refractivity contribution in [2.75, 3.05) is 45.9 Å². The summed E-state index contributed by atoms with van der Waals surface area (Å²) in [6.07, 6.45) is 6.18. The fourth-order valence-corrected chi connectivity index (χ4v) is 4.48. The molecule has 1 N–H and O–H groups in total. The first kappa shape index (κ1) is 21.9. The maximum absolute atomic E-state index is 6.64. The van der Waals surface area contributed by atoms with Crippen molar-refractivity contribution in [3.63, 3.8) is 0 Å². The number of likely N-dealkylation sites (N-methyl/N-ethyl adjacent to an activating group) is 1. The minimum absolute atomic E-state index is 0.475. The van der Waals surface area contributed by atoms with E-state index in [0.29, 0.717) is 33.4 Å². The molecule has 1 unspecified atom stereocenters. The summed E-state index contributed by atoms with van der Waals surface area (Å²) in [4.78, 5) is 16.5. The van der Waals surface area contributed by atoms with Crippen molar-refractivity contribution in [1.82, 2.24) is 19.9 Å². The Balaban J connectivity index is 1.82. The van der Waals surface area contributed by atoms with Gasteiger partial charge in [0.05, 0.1) is 24.9 Å². The van der Waals surface area contributed by atoms with E-state index in [2.05, 4.69) is 22.2 Å². The highest BCUT2D eigenvalue weighted by Crippen LogP contribution is 2.40. The highest BCUT2D eigenvalue weighted by atomic mass is 35.5. The molecule has 1 fully saturated rings. The van der Waals surface area contributed by atoms with E-state index in [4.69, 9.17) is 31.0 Å². The average molecular weight is 460 g/mol. The predicted molar refractivity (Wildman–Crippen MR) is 127 cm³/mol. The zero-order chi connectivity index (χ0) is 22.0. The van der Waals surface area contributed by atoms with Crippen LogP contribution in [0.2, 0.25) is 5.02 Å². The molecule has 1 atom stereocenters. The Morgan fingerprint density at radius 2 is 2.06 bits per heavy atom. The predicted octanol–water partition coefficient (Wildman–Crippen LogP) is 4.59. The topological polar surface area (TPSA) is 72.4 Å². The molecule has 9 heteroatoms. The normalized spacial score (nSPS) is 16.6. The number of methoxy groups -OCH3 is 2. The minimum atomic E-state index is 0.475. The molecule has 0 bridgehead atoms. The van der Waals surface area contributed by atoms with Crippen LogP contribution in [-0.4, -0.2) is 66.5 Å². The first-order valence-electron chi connectivity index (χ1n) is 10.1. The lowest BCUT2D eigenvalue weighted by Crippen LogP contribution is -2.31. The third-order valence-corrected chi connectivity index (χ3v) is 6.60. The summed E-state index contributed by atoms with van der Waals surface area (Å²) in [5.74, 6) is 1.91. The van der Waals surface area contributed by atoms with Crippen molar-refractivity contribution in [3.05, 3.63) is 29.4 Å². The molecule has 3 aromatic rings. The van der Waals surface area contributed by atoms with Gasteiger partial charge >= 0.3 is 0 Å². The molecule has 164 valence electrons. The van der Waals surface area contributed by atoms with Crippen LogP contribution in [0.25, 0.3) is 22.2 Å². The van der Waals surface area contributed by atoms with Gasteiger partial charge in [-0.25, -0.2) is 15.0 Å². The fraction of sp³-hybridized carbons (Fsp3) is 0.409. The molecule has 31 heavy (non-hydrogen) atoms. The van der Waals surface area contributed by atoms with E-state index in [-0.39, 0.29) is 0 Å². The second-order valence-corrected chi connectivity index (χ2v) is 8.65. The maximum atomic E-state index is 6.64. The number of aromatic nitrogens is 3. The van der Waals surface area contributed by atoms with Gasteiger partial charge in [-0.2, -0.15) is 0 Å². The summed E-state index contributed by atoms with van der Waals surface area (Å²) < 4.78 is 10.9. The van der Waals surface area contributed by atoms with Crippen molar-refractivity contribution in [2.45, 2.75) is 24.0 Å². The van der Waals surface area contributed by atoms with Gasteiger partial charge in [0, 0.05) is 35.8 Å². The van der Waals surface area contributed by atoms with Crippen LogP contribution in [0, 0.1) is 0 Å². The fourth-order valence-electron chi connectivity index (χ4n) is 3.86. The molecule has 0 spiro atoms. The van der Waals surface area contributed by atoms with E-state index < -0.39 is 0 Å². The van der Waals surface area contributed by atoms with E-state index in [1.807, 2.05) is 24.6 Å². The van der Waals surface area contributed by atoms with Crippen LogP contribution in [0.3, 0.4) is 0 Å². The third kappa shape index (κ3) is 4.51. The van der Waals surface area contributed by atoms with Crippen molar-refractivity contribution in [2.24, 2.45) is 0 Å². The molecule has 1 saturated heterocycles. The number of anilines is 1. The smallest absolute Gasteiger partial charge is 0.187 e. The van der Waals surface area contributed by atoms with Crippen molar-refractivity contribution in [3.8, 4) is 22.8 Å². The van der Waals surface area contributed by atoms with E-state index in [9.17, 15) is 0 Å². The van der Waals surface area contributed by atoms with Crippen LogP contribution in [0.4, 0.5) is 5.82 Å². The zero-order valence-electron chi connectivity index (χ0n) is 18.1. The Morgan fingerprint density at radius 3 is 2.74 bits per heavy atom. The Hall–Kier alpha value is -2.29. The highest BCUT2D eigenvalue weighted by molar-refractivity contribution is 7.98. The molecule has 1 aliphatic rings. The van der Waals surface area contributed by atoms with Crippen LogP contribution in [0.1, 0.15) is 12.8 Å². The van der Waals surface area contributed by atoms with Gasteiger partial charge in [0.1, 0.15) is 17.0 Å². The van der Waals surface area contributed by atoms with E-state index in [0.717, 1.165) is 35.4 Å². The van der Waals surface area contributed by atoms with E-state index in [1.165, 1.54) is 24.6 Å². The lowest BCUT2D eigenvalue weighted by Gasteiger charge is -2.21. The molecule has 1 aliphatic heterocycles. The van der Waals surface area contributed by atoms with Crippen LogP contribution < -0.4 is 14.8 Å². The minimum Gasteiger partial charge on any atom is -0.497 e. The molecule has 0 saturated carbocycles. The molecule has 0 aliphatic carbocycles. The number of hydrogen-bond donors (Lipinski definition) is 1. The van der Waals surface area contributed by atoms with E-state index in [1.54, 1.807) is 20.3 Å². The molecule has 0 radical (unpaired) electrons. The molecule has 1 aromatic carbocycles. The largest absolute Gasteiger partial charge is 0.497 e. The number of benzene rings is 1. The van der Waals surface area contributed by atoms with E-state index >= 15 is 0 Å². The first-order chi connectivity index (χ1) is 15.0. The Morgan fingerprint density at radius 1 is 1.23 bits per heavy atom. The zero-order valence-corrected chi connectivity index (χ0v) is 19.7. The number of rotatable bonds is 7. The second kappa shape index (κ2) is 9.46. The average Bonchev–Trinajstić information content (AvgIpc) is 3.21. The standard InChI is InChI=1S/C22H26ClN5O2S/c1-28-7-5-6-14(28)12-24-21-20-13(11-25-22(27-20)31-4)8-17(26-21)16-9-15(29-2)10-18(30-3)19(16)23/h8-11,14H,5-7,12H2,1-4H3,(H,24,26). The summed E-state index contributed by atoms with van der Waals surface area (Å²) in [7, 11) is 5.36. The third-order valence-electron chi connectivity index (χ3n) is 5.65. The second-order valence-electron chi connectivity index (χ2n) is 7.50. The van der Waals surface area contributed by atoms with Crippen molar-refractivity contribution >= 4 is 40.1 Å². The van der Waals surface area contributed by atoms with Gasteiger partial charge in [-0.3, -0.25) is 0 Å². The number of halogens is 1. The Labute approximate surface area is 191 Å². The Bertz CT molecular complexity index is 1100. The SMILES string of the molecule is COc1cc(OC)c(Cl)c(-c2cc3cnc(SC)nc3c(NCC3CCCN3C)n2)c1. The molecule has 4 rings (SSSR count). The number of ether oxygens (including phenoxy) is 2. The van der Waals surface area contributed by atoms with Gasteiger partial charge in [0.25, 0.3) is 0 Å². The van der Waals surface area contributed by atoms with Crippen molar-refractivity contribution < 1.29 is 9.47 Å². The summed E-state index contributed by atoms with van der Waals surface area (Å²) >= 11 is 8.15.